The highest BCUT2D eigenvalue weighted by Crippen LogP contribution is 2.53. The van der Waals surface area contributed by atoms with E-state index in [1.165, 1.54) is 51.5 Å². The van der Waals surface area contributed by atoms with Crippen LogP contribution in [0, 0.1) is 0 Å². The van der Waals surface area contributed by atoms with Crippen LogP contribution in [0.15, 0.2) is 117 Å². The van der Waals surface area contributed by atoms with Crippen LogP contribution in [0.4, 0.5) is 0 Å². The maximum Gasteiger partial charge on any atom is 0.295 e. The number of hydrogen-bond acceptors (Lipinski definition) is 2. The zero-order valence-corrected chi connectivity index (χ0v) is 29.3. The Morgan fingerprint density at radius 2 is 0.957 bits per heavy atom. The molecule has 5 heteroatoms. The van der Waals surface area contributed by atoms with Crippen LogP contribution >= 0.6 is 10.9 Å². The fraction of sp³-hybridized carbons (Fsp3) is 0.429. The largest absolute Gasteiger partial charge is 0.295 e. The molecule has 0 heterocycles. The number of benzene rings is 4. The molecule has 248 valence electrons. The minimum atomic E-state index is -4.32. The van der Waals surface area contributed by atoms with Crippen LogP contribution in [-0.2, 0) is 10.1 Å². The summed E-state index contributed by atoms with van der Waals surface area (Å²) in [5.41, 5.74) is 4.59. The maximum atomic E-state index is 13.1. The summed E-state index contributed by atoms with van der Waals surface area (Å²) in [4.78, 5) is 4.41. The first-order chi connectivity index (χ1) is 23.0. The van der Waals surface area contributed by atoms with Crippen LogP contribution in [0.3, 0.4) is 0 Å². The predicted molar refractivity (Wildman–Crippen MR) is 195 cm³/mol. The van der Waals surface area contributed by atoms with Gasteiger partial charge in [-0.3, -0.25) is 4.55 Å². The van der Waals surface area contributed by atoms with Gasteiger partial charge in [0.05, 0.1) is 0 Å². The van der Waals surface area contributed by atoms with Gasteiger partial charge in [-0.2, -0.15) is 19.3 Å². The molecular formula is C42H50O3S2. The third-order valence-electron chi connectivity index (χ3n) is 11.3. The monoisotopic (exact) mass is 666 g/mol. The lowest BCUT2D eigenvalue weighted by atomic mass is 9.73. The molecule has 3 fully saturated rings. The molecule has 0 aromatic heterocycles. The molecule has 47 heavy (non-hydrogen) atoms. The maximum absolute atomic E-state index is 13.1. The smallest absolute Gasteiger partial charge is 0.282 e. The topological polar surface area (TPSA) is 54.4 Å². The highest BCUT2D eigenvalue weighted by molar-refractivity contribution is 8.17. The van der Waals surface area contributed by atoms with Gasteiger partial charge in [0.15, 0.2) is 0 Å². The molecular weight excluding hydrogens is 617 g/mol. The standard InChI is InChI=1S/C42H50O3S2/c43-47(44,45)42-40(31-15-5-1-6-16-31)29-36(30-41(42)32-17-7-2-8-18-32)34-20-13-19-33(27-34)35-21-14-26-39(28-35)46(37-22-9-3-10-23-37)38-24-11-4-12-25-38/h3-4,9-12,14,21-26,28-34,46H,1-2,5-8,13,15-20,27H2,(H,43,44,45). The van der Waals surface area contributed by atoms with Gasteiger partial charge in [-0.1, -0.05) is 106 Å². The van der Waals surface area contributed by atoms with Crippen molar-refractivity contribution in [3.63, 3.8) is 0 Å². The van der Waals surface area contributed by atoms with Crippen molar-refractivity contribution in [1.82, 2.24) is 0 Å². The van der Waals surface area contributed by atoms with Crippen LogP contribution in [0.1, 0.15) is 136 Å². The number of hydrogen-bond donors (Lipinski definition) is 2. The second kappa shape index (κ2) is 14.7. The molecule has 3 saturated carbocycles. The molecule has 0 spiro atoms. The van der Waals surface area contributed by atoms with Crippen molar-refractivity contribution in [1.29, 1.82) is 0 Å². The van der Waals surface area contributed by atoms with Gasteiger partial charge in [-0.25, -0.2) is 0 Å². The summed E-state index contributed by atoms with van der Waals surface area (Å²) < 4.78 is 37.0. The molecule has 3 aliphatic rings. The van der Waals surface area contributed by atoms with Gasteiger partial charge in [0.2, 0.25) is 0 Å². The Labute approximate surface area is 285 Å². The first kappa shape index (κ1) is 32.7. The zero-order chi connectivity index (χ0) is 32.2. The van der Waals surface area contributed by atoms with Crippen molar-refractivity contribution < 1.29 is 13.0 Å². The van der Waals surface area contributed by atoms with E-state index in [4.69, 9.17) is 0 Å². The van der Waals surface area contributed by atoms with E-state index in [9.17, 15) is 13.0 Å². The van der Waals surface area contributed by atoms with Crippen molar-refractivity contribution in [2.75, 3.05) is 0 Å². The van der Waals surface area contributed by atoms with E-state index >= 15 is 0 Å². The second-order valence-corrected chi connectivity index (χ2v) is 17.9. The summed E-state index contributed by atoms with van der Waals surface area (Å²) in [5, 5.41) is 0. The van der Waals surface area contributed by atoms with Crippen LogP contribution in [0.25, 0.3) is 0 Å². The summed E-state index contributed by atoms with van der Waals surface area (Å²) in [5.74, 6) is 1.29. The molecule has 3 aliphatic carbocycles. The third-order valence-corrected chi connectivity index (χ3v) is 14.7. The lowest BCUT2D eigenvalue weighted by Gasteiger charge is -2.34. The SMILES string of the molecule is O=S(=O)(O)c1c(C2CCCCC2)cc(C2CCCC(c3cccc([SH](c4ccccc4)c4ccccc4)c3)C2)cc1C1CCCCC1. The molecule has 0 radical (unpaired) electrons. The first-order valence-electron chi connectivity index (χ1n) is 18.1. The van der Waals surface area contributed by atoms with Gasteiger partial charge < -0.3 is 0 Å². The second-order valence-electron chi connectivity index (χ2n) is 14.3. The number of thiol groups is 1. The fourth-order valence-electron chi connectivity index (χ4n) is 8.98. The van der Waals surface area contributed by atoms with E-state index in [0.29, 0.717) is 11.8 Å². The molecule has 4 aromatic rings. The highest BCUT2D eigenvalue weighted by Gasteiger charge is 2.33. The van der Waals surface area contributed by atoms with E-state index in [-0.39, 0.29) is 16.7 Å². The van der Waals surface area contributed by atoms with E-state index in [1.807, 2.05) is 0 Å². The molecule has 2 unspecified atom stereocenters. The molecule has 0 saturated heterocycles. The normalized spacial score (nSPS) is 21.8. The van der Waals surface area contributed by atoms with Gasteiger partial charge in [-0.05, 0) is 142 Å². The van der Waals surface area contributed by atoms with Crippen LogP contribution in [0.2, 0.25) is 0 Å². The van der Waals surface area contributed by atoms with Gasteiger partial charge in [0.1, 0.15) is 4.90 Å². The van der Waals surface area contributed by atoms with Crippen LogP contribution in [-0.4, -0.2) is 13.0 Å². The molecule has 0 bridgehead atoms. The van der Waals surface area contributed by atoms with E-state index in [2.05, 4.69) is 97.1 Å². The van der Waals surface area contributed by atoms with E-state index in [0.717, 1.165) is 75.3 Å². The van der Waals surface area contributed by atoms with Crippen molar-refractivity contribution in [2.45, 2.75) is 133 Å². The van der Waals surface area contributed by atoms with Gasteiger partial charge >= 0.3 is 0 Å². The molecule has 4 aromatic carbocycles. The molecule has 0 amide bonds. The minimum absolute atomic E-state index is 0.217. The molecule has 1 N–H and O–H groups in total. The van der Waals surface area contributed by atoms with Crippen molar-refractivity contribution in [3.05, 3.63) is 119 Å². The zero-order valence-electron chi connectivity index (χ0n) is 27.6. The van der Waals surface area contributed by atoms with Gasteiger partial charge in [0.25, 0.3) is 10.1 Å². The summed E-state index contributed by atoms with van der Waals surface area (Å²) in [7, 11) is -4.98. The molecule has 7 rings (SSSR count). The molecule has 2 atom stereocenters. The Kier molecular flexibility index (Phi) is 10.2. The van der Waals surface area contributed by atoms with Crippen LogP contribution in [0.5, 0.6) is 0 Å². The quantitative estimate of drug-likeness (QED) is 0.145. The third kappa shape index (κ3) is 7.43. The lowest BCUT2D eigenvalue weighted by Crippen LogP contribution is -2.19. The van der Waals surface area contributed by atoms with Crippen LogP contribution < -0.4 is 0 Å². The average Bonchev–Trinajstić information content (AvgIpc) is 3.13. The summed E-state index contributed by atoms with van der Waals surface area (Å²) in [6.45, 7) is 0. The van der Waals surface area contributed by atoms with E-state index in [1.54, 1.807) is 0 Å². The fourth-order valence-corrected chi connectivity index (χ4v) is 12.4. The molecule has 3 nitrogen and oxygen atoms in total. The summed E-state index contributed by atoms with van der Waals surface area (Å²) >= 11 is 0. The van der Waals surface area contributed by atoms with Crippen molar-refractivity contribution in [2.24, 2.45) is 0 Å². The predicted octanol–water partition coefficient (Wildman–Crippen LogP) is 11.9. The van der Waals surface area contributed by atoms with Crippen molar-refractivity contribution in [3.8, 4) is 0 Å². The Morgan fingerprint density at radius 1 is 0.489 bits per heavy atom. The van der Waals surface area contributed by atoms with Gasteiger partial charge in [-0.15, -0.1) is 0 Å². The Morgan fingerprint density at radius 3 is 1.47 bits per heavy atom. The summed E-state index contributed by atoms with van der Waals surface area (Å²) in [6.07, 6.45) is 15.6. The molecule has 0 aliphatic heterocycles. The Hall–Kier alpha value is -2.86. The Bertz CT molecular complexity index is 1660. The van der Waals surface area contributed by atoms with E-state index < -0.39 is 21.0 Å². The van der Waals surface area contributed by atoms with Gasteiger partial charge in [0, 0.05) is 0 Å². The summed E-state index contributed by atoms with van der Waals surface area (Å²) in [6, 6.07) is 35.8. The minimum Gasteiger partial charge on any atom is -0.282 e. The Balaban J connectivity index is 1.24. The first-order valence-corrected chi connectivity index (χ1v) is 20.9. The highest BCUT2D eigenvalue weighted by atomic mass is 32.2. The number of rotatable bonds is 8. The average molecular weight is 667 g/mol. The lowest BCUT2D eigenvalue weighted by molar-refractivity contribution is 0.389. The van der Waals surface area contributed by atoms with Crippen molar-refractivity contribution >= 4 is 21.0 Å².